The minimum absolute atomic E-state index is 0.139. The lowest BCUT2D eigenvalue weighted by atomic mass is 10.0. The second kappa shape index (κ2) is 10.3. The second-order valence-electron chi connectivity index (χ2n) is 6.32. The molecule has 2 rings (SSSR count). The molecule has 1 atom stereocenters. The van der Waals surface area contributed by atoms with E-state index in [4.69, 9.17) is 12.2 Å². The van der Waals surface area contributed by atoms with E-state index in [9.17, 15) is 9.59 Å². The minimum Gasteiger partial charge on any atom is -0.359 e. The zero-order valence-corrected chi connectivity index (χ0v) is 16.2. The van der Waals surface area contributed by atoms with Gasteiger partial charge in [0, 0.05) is 18.0 Å². The smallest absolute Gasteiger partial charge is 0.261 e. The maximum absolute atomic E-state index is 12.6. The van der Waals surface area contributed by atoms with Crippen molar-refractivity contribution in [3.05, 3.63) is 71.8 Å². The standard InChI is InChI=1S/C20H24N4O2S/c1-14(2)21-20(27)24-23-19(26)17(13-15-9-5-3-6-10-15)22-18(25)16-11-7-4-8-12-16/h3-12,14,17H,13H2,1-2H3,(H,22,25)(H,23,26)(H2,21,24,27)/t17-/m0/s1. The Balaban J connectivity index is 2.05. The van der Waals surface area contributed by atoms with E-state index in [2.05, 4.69) is 21.5 Å². The Morgan fingerprint density at radius 1 is 0.889 bits per heavy atom. The fraction of sp³-hybridized carbons (Fsp3) is 0.250. The largest absolute Gasteiger partial charge is 0.359 e. The van der Waals surface area contributed by atoms with E-state index in [0.29, 0.717) is 17.1 Å². The summed E-state index contributed by atoms with van der Waals surface area (Å²) in [5.74, 6) is -0.689. The number of nitrogens with one attached hydrogen (secondary N) is 4. The zero-order chi connectivity index (χ0) is 19.6. The molecule has 0 fully saturated rings. The Kier molecular flexibility index (Phi) is 7.76. The molecule has 0 heterocycles. The van der Waals surface area contributed by atoms with E-state index in [1.165, 1.54) is 0 Å². The second-order valence-corrected chi connectivity index (χ2v) is 6.73. The molecular formula is C20H24N4O2S. The van der Waals surface area contributed by atoms with Crippen molar-refractivity contribution in [2.45, 2.75) is 32.4 Å². The lowest BCUT2D eigenvalue weighted by Gasteiger charge is -2.20. The summed E-state index contributed by atoms with van der Waals surface area (Å²) in [6, 6.07) is 17.7. The number of amides is 2. The van der Waals surface area contributed by atoms with Crippen LogP contribution in [0.25, 0.3) is 0 Å². The molecule has 142 valence electrons. The van der Waals surface area contributed by atoms with Crippen LogP contribution in [0.3, 0.4) is 0 Å². The first-order valence-electron chi connectivity index (χ1n) is 8.72. The average Bonchev–Trinajstić information content (AvgIpc) is 2.66. The van der Waals surface area contributed by atoms with Crippen molar-refractivity contribution in [2.75, 3.05) is 0 Å². The number of hydrogen-bond donors (Lipinski definition) is 4. The number of benzene rings is 2. The topological polar surface area (TPSA) is 82.3 Å². The molecule has 0 aliphatic heterocycles. The first-order chi connectivity index (χ1) is 13.0. The fourth-order valence-corrected chi connectivity index (χ4v) is 2.68. The summed E-state index contributed by atoms with van der Waals surface area (Å²) in [6.07, 6.45) is 0.358. The summed E-state index contributed by atoms with van der Waals surface area (Å²) in [5.41, 5.74) is 6.65. The van der Waals surface area contributed by atoms with Gasteiger partial charge in [-0.05, 0) is 43.8 Å². The molecule has 0 saturated heterocycles. The number of hydrogen-bond acceptors (Lipinski definition) is 3. The van der Waals surface area contributed by atoms with Crippen molar-refractivity contribution >= 4 is 29.1 Å². The Bertz CT molecular complexity index is 766. The third kappa shape index (κ3) is 7.07. The van der Waals surface area contributed by atoms with E-state index in [-0.39, 0.29) is 17.9 Å². The van der Waals surface area contributed by atoms with Gasteiger partial charge >= 0.3 is 0 Å². The highest BCUT2D eigenvalue weighted by atomic mass is 32.1. The number of carbonyl (C=O) groups is 2. The van der Waals surface area contributed by atoms with Gasteiger partial charge in [0.2, 0.25) is 0 Å². The molecule has 0 aliphatic rings. The highest BCUT2D eigenvalue weighted by Crippen LogP contribution is 2.05. The van der Waals surface area contributed by atoms with Gasteiger partial charge in [-0.25, -0.2) is 0 Å². The van der Waals surface area contributed by atoms with Crippen LogP contribution in [0.15, 0.2) is 60.7 Å². The van der Waals surface area contributed by atoms with Crippen molar-refractivity contribution in [3.63, 3.8) is 0 Å². The van der Waals surface area contributed by atoms with E-state index >= 15 is 0 Å². The maximum atomic E-state index is 12.6. The number of carbonyl (C=O) groups excluding carboxylic acids is 2. The van der Waals surface area contributed by atoms with Gasteiger partial charge in [-0.15, -0.1) is 0 Å². The van der Waals surface area contributed by atoms with Gasteiger partial charge in [0.25, 0.3) is 11.8 Å². The molecular weight excluding hydrogens is 360 g/mol. The summed E-state index contributed by atoms with van der Waals surface area (Å²) in [4.78, 5) is 25.1. The van der Waals surface area contributed by atoms with Gasteiger partial charge in [-0.2, -0.15) is 0 Å². The first-order valence-corrected chi connectivity index (χ1v) is 9.12. The van der Waals surface area contributed by atoms with Crippen molar-refractivity contribution in [2.24, 2.45) is 0 Å². The monoisotopic (exact) mass is 384 g/mol. The third-order valence-corrected chi connectivity index (χ3v) is 3.88. The van der Waals surface area contributed by atoms with Gasteiger partial charge in [0.1, 0.15) is 6.04 Å². The zero-order valence-electron chi connectivity index (χ0n) is 15.4. The summed E-state index contributed by atoms with van der Waals surface area (Å²) in [7, 11) is 0. The van der Waals surface area contributed by atoms with Crippen molar-refractivity contribution < 1.29 is 9.59 Å². The summed E-state index contributed by atoms with van der Waals surface area (Å²) < 4.78 is 0. The van der Waals surface area contributed by atoms with Crippen molar-refractivity contribution in [3.8, 4) is 0 Å². The van der Waals surface area contributed by atoms with Crippen LogP contribution in [0.2, 0.25) is 0 Å². The molecule has 6 nitrogen and oxygen atoms in total. The van der Waals surface area contributed by atoms with E-state index in [1.807, 2.05) is 50.2 Å². The van der Waals surface area contributed by atoms with Crippen LogP contribution in [0.5, 0.6) is 0 Å². The van der Waals surface area contributed by atoms with Crippen LogP contribution in [-0.4, -0.2) is 29.0 Å². The van der Waals surface area contributed by atoms with Gasteiger partial charge in [-0.3, -0.25) is 20.4 Å². The normalized spacial score (nSPS) is 11.4. The average molecular weight is 385 g/mol. The maximum Gasteiger partial charge on any atom is 0.261 e. The number of rotatable bonds is 6. The fourth-order valence-electron chi connectivity index (χ4n) is 2.39. The quantitative estimate of drug-likeness (QED) is 0.452. The molecule has 7 heteroatoms. The molecule has 2 aromatic rings. The van der Waals surface area contributed by atoms with Crippen molar-refractivity contribution in [1.29, 1.82) is 0 Å². The van der Waals surface area contributed by atoms with E-state index < -0.39 is 6.04 Å². The molecule has 0 saturated carbocycles. The van der Waals surface area contributed by atoms with E-state index in [0.717, 1.165) is 5.56 Å². The Labute approximate surface area is 164 Å². The lowest BCUT2D eigenvalue weighted by molar-refractivity contribution is -0.123. The predicted octanol–water partition coefficient (Wildman–Crippen LogP) is 1.93. The minimum atomic E-state index is -0.755. The summed E-state index contributed by atoms with van der Waals surface area (Å²) >= 11 is 5.11. The van der Waals surface area contributed by atoms with Gasteiger partial charge in [0.05, 0.1) is 0 Å². The SMILES string of the molecule is CC(C)NC(=S)NNC(=O)[C@H](Cc1ccccc1)NC(=O)c1ccccc1. The van der Waals surface area contributed by atoms with Crippen LogP contribution < -0.4 is 21.5 Å². The molecule has 2 amide bonds. The molecule has 0 unspecified atom stereocenters. The van der Waals surface area contributed by atoms with Crippen LogP contribution >= 0.6 is 12.2 Å². The molecule has 0 radical (unpaired) electrons. The van der Waals surface area contributed by atoms with Gasteiger partial charge in [0.15, 0.2) is 5.11 Å². The van der Waals surface area contributed by atoms with Crippen molar-refractivity contribution in [1.82, 2.24) is 21.5 Å². The molecule has 0 spiro atoms. The lowest BCUT2D eigenvalue weighted by Crippen LogP contribution is -2.55. The summed E-state index contributed by atoms with van der Waals surface area (Å²) in [5, 5.41) is 6.07. The molecule has 27 heavy (non-hydrogen) atoms. The van der Waals surface area contributed by atoms with Crippen LogP contribution in [-0.2, 0) is 11.2 Å². The first kappa shape index (κ1) is 20.4. The Hall–Kier alpha value is -2.93. The van der Waals surface area contributed by atoms with Crippen LogP contribution in [0.4, 0.5) is 0 Å². The summed E-state index contributed by atoms with van der Waals surface area (Å²) in [6.45, 7) is 3.88. The predicted molar refractivity (Wildman–Crippen MR) is 110 cm³/mol. The Morgan fingerprint density at radius 2 is 1.48 bits per heavy atom. The highest BCUT2D eigenvalue weighted by molar-refractivity contribution is 7.80. The number of thiocarbonyl (C=S) groups is 1. The Morgan fingerprint density at radius 3 is 2.07 bits per heavy atom. The van der Waals surface area contributed by atoms with Crippen LogP contribution in [0, 0.1) is 0 Å². The van der Waals surface area contributed by atoms with E-state index in [1.54, 1.807) is 24.3 Å². The highest BCUT2D eigenvalue weighted by Gasteiger charge is 2.22. The van der Waals surface area contributed by atoms with Crippen LogP contribution in [0.1, 0.15) is 29.8 Å². The molecule has 0 aliphatic carbocycles. The molecule has 0 bridgehead atoms. The number of hydrazine groups is 1. The van der Waals surface area contributed by atoms with Gasteiger partial charge in [-0.1, -0.05) is 48.5 Å². The molecule has 4 N–H and O–H groups in total. The molecule has 2 aromatic carbocycles. The third-order valence-electron chi connectivity index (χ3n) is 3.66. The molecule has 0 aromatic heterocycles. The van der Waals surface area contributed by atoms with Gasteiger partial charge < -0.3 is 10.6 Å².